The monoisotopic (exact) mass is 297 g/mol. The lowest BCUT2D eigenvalue weighted by atomic mass is 9.95. The molecule has 1 fully saturated rings. The number of ether oxygens (including phenoxy) is 1. The Morgan fingerprint density at radius 1 is 1.18 bits per heavy atom. The molecule has 4 rings (SSSR count). The van der Waals surface area contributed by atoms with Gasteiger partial charge >= 0.3 is 0 Å². The van der Waals surface area contributed by atoms with Gasteiger partial charge in [0.15, 0.2) is 0 Å². The quantitative estimate of drug-likeness (QED) is 0.849. The van der Waals surface area contributed by atoms with Gasteiger partial charge in [0.25, 0.3) is 0 Å². The number of nitrogens with zero attached hydrogens (tertiary/aromatic N) is 3. The molecule has 2 aliphatic rings. The molecule has 2 aromatic rings. The fourth-order valence-electron chi connectivity index (χ4n) is 3.41. The van der Waals surface area contributed by atoms with Gasteiger partial charge in [-0.05, 0) is 43.2 Å². The first-order valence-electron chi connectivity index (χ1n) is 8.40. The predicted octanol–water partition coefficient (Wildman–Crippen LogP) is 3.61. The Labute approximate surface area is 131 Å². The van der Waals surface area contributed by atoms with E-state index in [0.29, 0.717) is 6.04 Å². The third-order valence-electron chi connectivity index (χ3n) is 4.89. The largest absolute Gasteiger partial charge is 0.381 e. The smallest absolute Gasteiger partial charge is 0.0930 e. The van der Waals surface area contributed by atoms with E-state index in [1.807, 2.05) is 0 Å². The minimum atomic E-state index is 0.484. The molecule has 0 unspecified atom stereocenters. The van der Waals surface area contributed by atoms with Crippen LogP contribution in [0.4, 0.5) is 0 Å². The van der Waals surface area contributed by atoms with E-state index in [0.717, 1.165) is 50.5 Å². The van der Waals surface area contributed by atoms with Crippen molar-refractivity contribution in [3.8, 4) is 0 Å². The summed E-state index contributed by atoms with van der Waals surface area (Å²) in [5.41, 5.74) is 3.59. The normalized spacial score (nSPS) is 23.7. The van der Waals surface area contributed by atoms with E-state index in [4.69, 9.17) is 14.8 Å². The Hall–Kier alpha value is -1.68. The first-order chi connectivity index (χ1) is 10.8. The van der Waals surface area contributed by atoms with Gasteiger partial charge in [-0.15, -0.1) is 0 Å². The van der Waals surface area contributed by atoms with E-state index >= 15 is 0 Å². The van der Waals surface area contributed by atoms with Gasteiger partial charge in [-0.1, -0.05) is 19.1 Å². The van der Waals surface area contributed by atoms with Gasteiger partial charge in [-0.25, -0.2) is 0 Å². The van der Waals surface area contributed by atoms with Gasteiger partial charge in [-0.2, -0.15) is 5.10 Å². The molecule has 2 aliphatic heterocycles. The molecular weight excluding hydrogens is 274 g/mol. The third-order valence-corrected chi connectivity index (χ3v) is 4.89. The Balaban J connectivity index is 1.63. The van der Waals surface area contributed by atoms with Crippen molar-refractivity contribution in [1.29, 1.82) is 0 Å². The SMILES string of the molecule is C[C@H]1CCC(c2ccc3cn(C4CCOCC4)nc3c2)=NC1. The molecule has 116 valence electrons. The molecule has 1 saturated heterocycles. The van der Waals surface area contributed by atoms with Gasteiger partial charge in [0.05, 0.1) is 11.6 Å². The second kappa shape index (κ2) is 5.84. The fraction of sp³-hybridized carbons (Fsp3) is 0.556. The van der Waals surface area contributed by atoms with Crippen molar-refractivity contribution in [1.82, 2.24) is 9.78 Å². The molecule has 1 aromatic carbocycles. The van der Waals surface area contributed by atoms with Crippen LogP contribution >= 0.6 is 0 Å². The highest BCUT2D eigenvalue weighted by atomic mass is 16.5. The molecule has 0 aliphatic carbocycles. The molecular formula is C18H23N3O. The van der Waals surface area contributed by atoms with Crippen molar-refractivity contribution in [2.75, 3.05) is 19.8 Å². The van der Waals surface area contributed by atoms with Crippen LogP contribution in [0.25, 0.3) is 10.9 Å². The number of hydrogen-bond donors (Lipinski definition) is 0. The molecule has 1 aromatic heterocycles. The minimum absolute atomic E-state index is 0.484. The predicted molar refractivity (Wildman–Crippen MR) is 88.6 cm³/mol. The van der Waals surface area contributed by atoms with Gasteiger partial charge < -0.3 is 4.74 Å². The highest BCUT2D eigenvalue weighted by Gasteiger charge is 2.18. The number of rotatable bonds is 2. The number of hydrogen-bond acceptors (Lipinski definition) is 3. The molecule has 0 radical (unpaired) electrons. The zero-order valence-corrected chi connectivity index (χ0v) is 13.2. The molecule has 0 amide bonds. The maximum atomic E-state index is 5.45. The Kier molecular flexibility index (Phi) is 3.70. The van der Waals surface area contributed by atoms with Crippen LogP contribution in [-0.4, -0.2) is 35.3 Å². The van der Waals surface area contributed by atoms with E-state index in [9.17, 15) is 0 Å². The average molecular weight is 297 g/mol. The zero-order chi connectivity index (χ0) is 14.9. The molecule has 4 nitrogen and oxygen atoms in total. The van der Waals surface area contributed by atoms with E-state index in [1.54, 1.807) is 0 Å². The lowest BCUT2D eigenvalue weighted by Gasteiger charge is -2.22. The summed E-state index contributed by atoms with van der Waals surface area (Å²) in [5.74, 6) is 0.722. The maximum absolute atomic E-state index is 5.45. The third kappa shape index (κ3) is 2.68. The Bertz CT molecular complexity index is 697. The van der Waals surface area contributed by atoms with E-state index < -0.39 is 0 Å². The summed E-state index contributed by atoms with van der Waals surface area (Å²) in [7, 11) is 0. The number of aliphatic imine (C=N–C) groups is 1. The van der Waals surface area contributed by atoms with Crippen molar-refractivity contribution in [3.63, 3.8) is 0 Å². The molecule has 4 heteroatoms. The molecule has 1 atom stereocenters. The number of fused-ring (bicyclic) bond motifs is 1. The summed E-state index contributed by atoms with van der Waals surface area (Å²) in [5, 5.41) is 6.04. The molecule has 0 saturated carbocycles. The average Bonchev–Trinajstić information content (AvgIpc) is 2.99. The molecule has 0 N–H and O–H groups in total. The van der Waals surface area contributed by atoms with Crippen molar-refractivity contribution >= 4 is 16.6 Å². The van der Waals surface area contributed by atoms with E-state index in [1.165, 1.54) is 23.1 Å². The van der Waals surface area contributed by atoms with Crippen LogP contribution in [0.1, 0.15) is 44.2 Å². The van der Waals surface area contributed by atoms with Crippen LogP contribution in [0.3, 0.4) is 0 Å². The van der Waals surface area contributed by atoms with Crippen LogP contribution in [0.15, 0.2) is 29.4 Å². The zero-order valence-electron chi connectivity index (χ0n) is 13.2. The highest BCUT2D eigenvalue weighted by molar-refractivity contribution is 6.03. The van der Waals surface area contributed by atoms with E-state index in [2.05, 4.69) is 36.0 Å². The maximum Gasteiger partial charge on any atom is 0.0930 e. The van der Waals surface area contributed by atoms with Crippen LogP contribution in [0.5, 0.6) is 0 Å². The van der Waals surface area contributed by atoms with Gasteiger partial charge in [0.1, 0.15) is 0 Å². The summed E-state index contributed by atoms with van der Waals surface area (Å²) < 4.78 is 7.59. The molecule has 0 spiro atoms. The van der Waals surface area contributed by atoms with Crippen LogP contribution in [-0.2, 0) is 4.74 Å². The van der Waals surface area contributed by atoms with Crippen LogP contribution < -0.4 is 0 Å². The first-order valence-corrected chi connectivity index (χ1v) is 8.40. The highest BCUT2D eigenvalue weighted by Crippen LogP contribution is 2.25. The fourth-order valence-corrected chi connectivity index (χ4v) is 3.41. The van der Waals surface area contributed by atoms with Crippen molar-refractivity contribution in [2.45, 2.75) is 38.6 Å². The van der Waals surface area contributed by atoms with Crippen molar-refractivity contribution in [3.05, 3.63) is 30.0 Å². The lowest BCUT2D eigenvalue weighted by molar-refractivity contribution is 0.0664. The molecule has 3 heterocycles. The number of benzene rings is 1. The first kappa shape index (κ1) is 13.9. The molecule has 0 bridgehead atoms. The van der Waals surface area contributed by atoms with Gasteiger partial charge in [0.2, 0.25) is 0 Å². The van der Waals surface area contributed by atoms with Gasteiger partial charge in [0, 0.05) is 37.1 Å². The summed E-state index contributed by atoms with van der Waals surface area (Å²) in [4.78, 5) is 4.75. The van der Waals surface area contributed by atoms with Crippen molar-refractivity contribution < 1.29 is 4.74 Å². The van der Waals surface area contributed by atoms with Gasteiger partial charge in [-0.3, -0.25) is 9.67 Å². The standard InChI is InChI=1S/C18H23N3O/c1-13-2-5-17(19-11-13)14-3-4-15-12-21(20-18(15)10-14)16-6-8-22-9-7-16/h3-4,10,12-13,16H,2,5-9,11H2,1H3/t13-/m0/s1. The summed E-state index contributed by atoms with van der Waals surface area (Å²) >= 11 is 0. The van der Waals surface area contributed by atoms with Crippen LogP contribution in [0.2, 0.25) is 0 Å². The second-order valence-electron chi connectivity index (χ2n) is 6.66. The number of aromatic nitrogens is 2. The summed E-state index contributed by atoms with van der Waals surface area (Å²) in [6.07, 6.45) is 6.64. The van der Waals surface area contributed by atoms with Crippen LogP contribution in [0, 0.1) is 5.92 Å². The molecule has 22 heavy (non-hydrogen) atoms. The summed E-state index contributed by atoms with van der Waals surface area (Å²) in [6.45, 7) is 4.94. The minimum Gasteiger partial charge on any atom is -0.381 e. The Morgan fingerprint density at radius 2 is 2.05 bits per heavy atom. The Morgan fingerprint density at radius 3 is 2.82 bits per heavy atom. The van der Waals surface area contributed by atoms with E-state index in [-0.39, 0.29) is 0 Å². The second-order valence-corrected chi connectivity index (χ2v) is 6.66. The lowest BCUT2D eigenvalue weighted by Crippen LogP contribution is -2.19. The topological polar surface area (TPSA) is 39.4 Å². The van der Waals surface area contributed by atoms with Crippen molar-refractivity contribution in [2.24, 2.45) is 10.9 Å². The summed E-state index contributed by atoms with van der Waals surface area (Å²) in [6, 6.07) is 7.08.